The molecule has 0 saturated carbocycles. The molecule has 1 rings (SSSR count). The minimum atomic E-state index is 0.292. The Labute approximate surface area is 66.0 Å². The average Bonchev–Trinajstić information content (AvgIpc) is 2.29. The van der Waals surface area contributed by atoms with Crippen LogP contribution in [0.15, 0.2) is 6.20 Å². The summed E-state index contributed by atoms with van der Waals surface area (Å²) in [4.78, 5) is 0. The second-order valence-corrected chi connectivity index (χ2v) is 2.25. The molecule has 0 radical (unpaired) electrons. The summed E-state index contributed by atoms with van der Waals surface area (Å²) in [7, 11) is 1.82. The van der Waals surface area contributed by atoms with Crippen LogP contribution in [0.1, 0.15) is 5.56 Å². The molecule has 1 aromatic rings. The molecule has 0 aliphatic carbocycles. The van der Waals surface area contributed by atoms with E-state index in [1.54, 1.807) is 10.9 Å². The summed E-state index contributed by atoms with van der Waals surface area (Å²) in [6.07, 6.45) is 6.78. The molecule has 0 atom stereocenters. The Bertz CT molecular complexity index is 263. The molecule has 0 aliphatic rings. The summed E-state index contributed by atoms with van der Waals surface area (Å²) in [5.41, 5.74) is 1.00. The Morgan fingerprint density at radius 2 is 2.55 bits per heavy atom. The van der Waals surface area contributed by atoms with Crippen molar-refractivity contribution in [2.75, 3.05) is 6.61 Å². The Morgan fingerprint density at radius 3 is 3.00 bits per heavy atom. The van der Waals surface area contributed by atoms with Gasteiger partial charge in [-0.3, -0.25) is 0 Å². The molecule has 0 N–H and O–H groups in total. The number of aryl methyl sites for hydroxylation is 2. The molecule has 0 unspecified atom stereocenters. The van der Waals surface area contributed by atoms with Crippen LogP contribution in [0, 0.1) is 19.3 Å². The van der Waals surface area contributed by atoms with E-state index < -0.39 is 0 Å². The van der Waals surface area contributed by atoms with Gasteiger partial charge in [0.25, 0.3) is 0 Å². The van der Waals surface area contributed by atoms with Gasteiger partial charge in [0.05, 0.1) is 6.20 Å². The highest BCUT2D eigenvalue weighted by molar-refractivity contribution is 5.22. The van der Waals surface area contributed by atoms with E-state index >= 15 is 0 Å². The quantitative estimate of drug-likeness (QED) is 0.581. The zero-order valence-electron chi connectivity index (χ0n) is 6.66. The van der Waals surface area contributed by atoms with Crippen molar-refractivity contribution in [3.05, 3.63) is 11.8 Å². The number of hydrogen-bond acceptors (Lipinski definition) is 2. The molecule has 0 spiro atoms. The monoisotopic (exact) mass is 150 g/mol. The molecular weight excluding hydrogens is 140 g/mol. The first-order valence-electron chi connectivity index (χ1n) is 3.30. The Morgan fingerprint density at radius 1 is 1.82 bits per heavy atom. The van der Waals surface area contributed by atoms with E-state index in [0.29, 0.717) is 6.61 Å². The molecule has 0 saturated heterocycles. The first kappa shape index (κ1) is 7.67. The van der Waals surface area contributed by atoms with Crippen molar-refractivity contribution in [2.45, 2.75) is 6.92 Å². The molecule has 0 aliphatic heterocycles. The van der Waals surface area contributed by atoms with Crippen LogP contribution in [0.25, 0.3) is 0 Å². The van der Waals surface area contributed by atoms with Gasteiger partial charge >= 0.3 is 0 Å². The minimum Gasteiger partial charge on any atom is -0.464 e. The lowest BCUT2D eigenvalue weighted by Gasteiger charge is -2.02. The highest BCUT2D eigenvalue weighted by atomic mass is 16.5. The van der Waals surface area contributed by atoms with Gasteiger partial charge in [0.2, 0.25) is 5.88 Å². The Balaban J connectivity index is 2.77. The molecule has 1 aromatic heterocycles. The van der Waals surface area contributed by atoms with Gasteiger partial charge in [-0.25, -0.2) is 4.68 Å². The van der Waals surface area contributed by atoms with E-state index in [1.807, 2.05) is 14.0 Å². The molecule has 1 heterocycles. The smallest absolute Gasteiger partial charge is 0.215 e. The van der Waals surface area contributed by atoms with Gasteiger partial charge in [0.15, 0.2) is 6.61 Å². The second-order valence-electron chi connectivity index (χ2n) is 2.25. The van der Waals surface area contributed by atoms with Crippen LogP contribution in [0.2, 0.25) is 0 Å². The highest BCUT2D eigenvalue weighted by Gasteiger charge is 2.03. The van der Waals surface area contributed by atoms with Crippen LogP contribution >= 0.6 is 0 Å². The predicted octanol–water partition coefficient (Wildman–Crippen LogP) is 0.741. The molecule has 58 valence electrons. The second kappa shape index (κ2) is 3.11. The SMILES string of the molecule is C#CCOc1c(C)cnn1C. The zero-order chi connectivity index (χ0) is 8.27. The summed E-state index contributed by atoms with van der Waals surface area (Å²) in [6, 6.07) is 0. The van der Waals surface area contributed by atoms with Crippen molar-refractivity contribution >= 4 is 0 Å². The molecule has 3 nitrogen and oxygen atoms in total. The summed E-state index contributed by atoms with van der Waals surface area (Å²) in [6.45, 7) is 2.22. The standard InChI is InChI=1S/C8H10N2O/c1-4-5-11-8-7(2)6-9-10(8)3/h1,6H,5H2,2-3H3. The van der Waals surface area contributed by atoms with E-state index in [-0.39, 0.29) is 0 Å². The van der Waals surface area contributed by atoms with Crippen molar-refractivity contribution in [3.8, 4) is 18.2 Å². The summed E-state index contributed by atoms with van der Waals surface area (Å²) in [5.74, 6) is 3.14. The van der Waals surface area contributed by atoms with Gasteiger partial charge in [-0.15, -0.1) is 6.42 Å². The lowest BCUT2D eigenvalue weighted by atomic mass is 10.4. The largest absolute Gasteiger partial charge is 0.464 e. The normalized spacial score (nSPS) is 9.18. The minimum absolute atomic E-state index is 0.292. The van der Waals surface area contributed by atoms with Crippen LogP contribution in [0.3, 0.4) is 0 Å². The lowest BCUT2D eigenvalue weighted by Crippen LogP contribution is -2.01. The molecular formula is C8H10N2O. The van der Waals surface area contributed by atoms with E-state index in [2.05, 4.69) is 11.0 Å². The molecule has 11 heavy (non-hydrogen) atoms. The number of hydrogen-bond donors (Lipinski definition) is 0. The topological polar surface area (TPSA) is 27.1 Å². The van der Waals surface area contributed by atoms with Crippen LogP contribution in [0.5, 0.6) is 5.88 Å². The third-order valence-electron chi connectivity index (χ3n) is 1.35. The molecule has 0 fully saturated rings. The maximum absolute atomic E-state index is 5.22. The van der Waals surface area contributed by atoms with Crippen molar-refractivity contribution < 1.29 is 4.74 Å². The van der Waals surface area contributed by atoms with Gasteiger partial charge in [-0.05, 0) is 6.92 Å². The maximum atomic E-state index is 5.22. The molecule has 0 bridgehead atoms. The Hall–Kier alpha value is -1.43. The van der Waals surface area contributed by atoms with Gasteiger partial charge in [-0.2, -0.15) is 5.10 Å². The molecule has 0 amide bonds. The van der Waals surface area contributed by atoms with Gasteiger partial charge in [0, 0.05) is 12.6 Å². The first-order valence-corrected chi connectivity index (χ1v) is 3.30. The third kappa shape index (κ3) is 1.53. The first-order chi connectivity index (χ1) is 5.25. The third-order valence-corrected chi connectivity index (χ3v) is 1.35. The van der Waals surface area contributed by atoms with Gasteiger partial charge in [-0.1, -0.05) is 5.92 Å². The summed E-state index contributed by atoms with van der Waals surface area (Å²) in [5, 5.41) is 3.99. The van der Waals surface area contributed by atoms with E-state index in [4.69, 9.17) is 11.2 Å². The van der Waals surface area contributed by atoms with E-state index in [1.165, 1.54) is 0 Å². The van der Waals surface area contributed by atoms with E-state index in [9.17, 15) is 0 Å². The highest BCUT2D eigenvalue weighted by Crippen LogP contribution is 2.14. The number of aromatic nitrogens is 2. The van der Waals surface area contributed by atoms with Crippen molar-refractivity contribution in [1.29, 1.82) is 0 Å². The number of nitrogens with zero attached hydrogens (tertiary/aromatic N) is 2. The number of ether oxygens (including phenoxy) is 1. The van der Waals surface area contributed by atoms with Crippen molar-refractivity contribution in [2.24, 2.45) is 7.05 Å². The average molecular weight is 150 g/mol. The van der Waals surface area contributed by atoms with Crippen molar-refractivity contribution in [1.82, 2.24) is 9.78 Å². The fourth-order valence-electron chi connectivity index (χ4n) is 0.853. The van der Waals surface area contributed by atoms with Crippen LogP contribution in [0.4, 0.5) is 0 Å². The fourth-order valence-corrected chi connectivity index (χ4v) is 0.853. The predicted molar refractivity (Wildman–Crippen MR) is 42.3 cm³/mol. The Kier molecular flexibility index (Phi) is 2.17. The number of terminal acetylenes is 1. The van der Waals surface area contributed by atoms with Crippen LogP contribution < -0.4 is 4.74 Å². The maximum Gasteiger partial charge on any atom is 0.215 e. The van der Waals surface area contributed by atoms with Crippen molar-refractivity contribution in [3.63, 3.8) is 0 Å². The van der Waals surface area contributed by atoms with Gasteiger partial charge < -0.3 is 4.74 Å². The lowest BCUT2D eigenvalue weighted by molar-refractivity contribution is 0.333. The molecule has 3 heteroatoms. The zero-order valence-corrected chi connectivity index (χ0v) is 6.66. The summed E-state index contributed by atoms with van der Waals surface area (Å²) < 4.78 is 6.88. The van der Waals surface area contributed by atoms with Gasteiger partial charge in [0.1, 0.15) is 0 Å². The fraction of sp³-hybridized carbons (Fsp3) is 0.375. The van der Waals surface area contributed by atoms with E-state index in [0.717, 1.165) is 11.4 Å². The number of rotatable bonds is 2. The van der Waals surface area contributed by atoms with Crippen LogP contribution in [-0.4, -0.2) is 16.4 Å². The summed E-state index contributed by atoms with van der Waals surface area (Å²) >= 11 is 0. The van der Waals surface area contributed by atoms with Crippen LogP contribution in [-0.2, 0) is 7.05 Å². The molecule has 0 aromatic carbocycles.